The highest BCUT2D eigenvalue weighted by Gasteiger charge is 2.22. The van der Waals surface area contributed by atoms with Crippen LogP contribution in [0.25, 0.3) is 76.8 Å². The van der Waals surface area contributed by atoms with Crippen molar-refractivity contribution in [3.63, 3.8) is 0 Å². The van der Waals surface area contributed by atoms with Crippen molar-refractivity contribution in [2.45, 2.75) is 0 Å². The van der Waals surface area contributed by atoms with Gasteiger partial charge in [-0.1, -0.05) is 127 Å². The van der Waals surface area contributed by atoms with Crippen LogP contribution in [-0.2, 0) is 0 Å². The van der Waals surface area contributed by atoms with Crippen molar-refractivity contribution in [2.75, 3.05) is 4.90 Å². The Morgan fingerprint density at radius 1 is 0.347 bits per heavy atom. The smallest absolute Gasteiger partial charge is 0.0644 e. The zero-order valence-corrected chi connectivity index (χ0v) is 26.7. The molecule has 2 heteroatoms. The largest absolute Gasteiger partial charge is 0.309 e. The van der Waals surface area contributed by atoms with Crippen molar-refractivity contribution in [1.82, 2.24) is 4.98 Å². The predicted molar refractivity (Wildman–Crippen MR) is 207 cm³/mol. The molecule has 0 aliphatic heterocycles. The normalized spacial score (nSPS) is 11.7. The first-order chi connectivity index (χ1) is 24.3. The molecular weight excluding hydrogens is 593 g/mol. The van der Waals surface area contributed by atoms with E-state index in [0.29, 0.717) is 0 Å². The summed E-state index contributed by atoms with van der Waals surface area (Å²) in [7, 11) is 0. The molecule has 0 N–H and O–H groups in total. The van der Waals surface area contributed by atoms with Gasteiger partial charge in [-0.15, -0.1) is 0 Å². The molecule has 0 saturated heterocycles. The summed E-state index contributed by atoms with van der Waals surface area (Å²) in [6.45, 7) is 0. The third kappa shape index (κ3) is 4.38. The van der Waals surface area contributed by atoms with Crippen LogP contribution in [0.3, 0.4) is 0 Å². The standard InChI is InChI=1S/C47H30N2/c1-2-14-37-33(10-1)29-46(42-18-6-3-15-39(37)42)31-21-23-34(24-22-31)49(36-13-9-27-48-30-36)35-12-7-11-32(28-35)38-25-26-45-41-17-5-4-16-40(41)44-20-8-19-43(38)47(44)45/h1-30H. The lowest BCUT2D eigenvalue weighted by atomic mass is 9.93. The van der Waals surface area contributed by atoms with E-state index in [9.17, 15) is 0 Å². The van der Waals surface area contributed by atoms with E-state index >= 15 is 0 Å². The van der Waals surface area contributed by atoms with Gasteiger partial charge in [-0.25, -0.2) is 0 Å². The maximum absolute atomic E-state index is 4.51. The molecular formula is C47H30N2. The van der Waals surface area contributed by atoms with E-state index < -0.39 is 0 Å². The van der Waals surface area contributed by atoms with E-state index in [1.54, 1.807) is 0 Å². The Hall–Kier alpha value is -6.51. The fourth-order valence-corrected chi connectivity index (χ4v) is 7.89. The summed E-state index contributed by atoms with van der Waals surface area (Å²) in [4.78, 5) is 6.81. The van der Waals surface area contributed by atoms with E-state index in [0.717, 1.165) is 17.1 Å². The third-order valence-corrected chi connectivity index (χ3v) is 10.1. The van der Waals surface area contributed by atoms with Crippen molar-refractivity contribution in [3.8, 4) is 44.5 Å². The van der Waals surface area contributed by atoms with Gasteiger partial charge in [0.2, 0.25) is 0 Å². The van der Waals surface area contributed by atoms with E-state index in [1.807, 2.05) is 18.5 Å². The second-order valence-electron chi connectivity index (χ2n) is 12.8. The number of hydrogen-bond donors (Lipinski definition) is 0. The summed E-state index contributed by atoms with van der Waals surface area (Å²) in [6.07, 6.45) is 3.77. The Balaban J connectivity index is 1.09. The number of anilines is 3. The summed E-state index contributed by atoms with van der Waals surface area (Å²) in [5.41, 5.74) is 13.3. The molecule has 1 aliphatic carbocycles. The molecule has 2 nitrogen and oxygen atoms in total. The first kappa shape index (κ1) is 27.6. The fraction of sp³-hybridized carbons (Fsp3) is 0. The molecule has 0 bridgehead atoms. The first-order valence-electron chi connectivity index (χ1n) is 16.8. The van der Waals surface area contributed by atoms with Gasteiger partial charge in [-0.3, -0.25) is 4.98 Å². The minimum Gasteiger partial charge on any atom is -0.309 e. The van der Waals surface area contributed by atoms with Gasteiger partial charge in [0.1, 0.15) is 0 Å². The number of pyridine rings is 1. The quantitative estimate of drug-likeness (QED) is 0.178. The number of benzene rings is 8. The minimum absolute atomic E-state index is 1.01. The van der Waals surface area contributed by atoms with Crippen LogP contribution in [0.2, 0.25) is 0 Å². The Bertz CT molecular complexity index is 2680. The molecule has 0 amide bonds. The minimum atomic E-state index is 1.01. The molecule has 0 spiro atoms. The number of hydrogen-bond acceptors (Lipinski definition) is 2. The monoisotopic (exact) mass is 622 g/mol. The summed E-state index contributed by atoms with van der Waals surface area (Å²) in [5, 5.41) is 7.70. The van der Waals surface area contributed by atoms with Crippen LogP contribution in [0.15, 0.2) is 182 Å². The van der Waals surface area contributed by atoms with Gasteiger partial charge < -0.3 is 4.90 Å². The molecule has 8 aromatic carbocycles. The van der Waals surface area contributed by atoms with E-state index in [-0.39, 0.29) is 0 Å². The van der Waals surface area contributed by atoms with Crippen molar-refractivity contribution < 1.29 is 0 Å². The number of rotatable bonds is 5. The topological polar surface area (TPSA) is 16.1 Å². The van der Waals surface area contributed by atoms with E-state index in [4.69, 9.17) is 0 Å². The average Bonchev–Trinajstić information content (AvgIpc) is 3.50. The summed E-state index contributed by atoms with van der Waals surface area (Å²) in [6, 6.07) is 61.8. The van der Waals surface area contributed by atoms with Crippen LogP contribution in [0.5, 0.6) is 0 Å². The first-order valence-corrected chi connectivity index (χ1v) is 16.8. The number of aromatic nitrogens is 1. The summed E-state index contributed by atoms with van der Waals surface area (Å²) >= 11 is 0. The fourth-order valence-electron chi connectivity index (χ4n) is 7.89. The molecule has 10 rings (SSSR count). The highest BCUT2D eigenvalue weighted by atomic mass is 15.1. The average molecular weight is 623 g/mol. The predicted octanol–water partition coefficient (Wildman–Crippen LogP) is 13.0. The molecule has 0 unspecified atom stereocenters. The van der Waals surface area contributed by atoms with Crippen molar-refractivity contribution >= 4 is 49.4 Å². The zero-order chi connectivity index (χ0) is 32.3. The Morgan fingerprint density at radius 2 is 1.00 bits per heavy atom. The Morgan fingerprint density at radius 3 is 1.82 bits per heavy atom. The van der Waals surface area contributed by atoms with Crippen LogP contribution in [0.1, 0.15) is 0 Å². The molecule has 0 saturated carbocycles. The highest BCUT2D eigenvalue weighted by Crippen LogP contribution is 2.49. The molecule has 1 aliphatic rings. The molecule has 1 heterocycles. The van der Waals surface area contributed by atoms with Gasteiger partial charge in [-0.05, 0) is 119 Å². The molecule has 0 atom stereocenters. The van der Waals surface area contributed by atoms with E-state index in [1.165, 1.54) is 76.8 Å². The third-order valence-electron chi connectivity index (χ3n) is 10.1. The van der Waals surface area contributed by atoms with Crippen molar-refractivity contribution in [3.05, 3.63) is 182 Å². The lowest BCUT2D eigenvalue weighted by molar-refractivity contribution is 1.23. The van der Waals surface area contributed by atoms with Gasteiger partial charge in [0.25, 0.3) is 0 Å². The lowest BCUT2D eigenvalue weighted by Gasteiger charge is -2.26. The van der Waals surface area contributed by atoms with Crippen LogP contribution in [0, 0.1) is 0 Å². The Kier molecular flexibility index (Phi) is 6.22. The molecule has 1 aromatic heterocycles. The van der Waals surface area contributed by atoms with Gasteiger partial charge in [0.15, 0.2) is 0 Å². The van der Waals surface area contributed by atoms with Crippen molar-refractivity contribution in [2.24, 2.45) is 0 Å². The highest BCUT2D eigenvalue weighted by molar-refractivity contribution is 6.19. The van der Waals surface area contributed by atoms with Crippen molar-refractivity contribution in [1.29, 1.82) is 0 Å². The van der Waals surface area contributed by atoms with Crippen LogP contribution in [0.4, 0.5) is 17.1 Å². The Labute approximate surface area is 285 Å². The maximum atomic E-state index is 4.51. The number of nitrogens with zero attached hydrogens (tertiary/aromatic N) is 2. The lowest BCUT2D eigenvalue weighted by Crippen LogP contribution is -2.10. The van der Waals surface area contributed by atoms with Gasteiger partial charge in [-0.2, -0.15) is 0 Å². The molecule has 49 heavy (non-hydrogen) atoms. The molecule has 9 aromatic rings. The maximum Gasteiger partial charge on any atom is 0.0644 e. The molecule has 228 valence electrons. The summed E-state index contributed by atoms with van der Waals surface area (Å²) < 4.78 is 0. The van der Waals surface area contributed by atoms with Crippen LogP contribution >= 0.6 is 0 Å². The van der Waals surface area contributed by atoms with Crippen LogP contribution in [-0.4, -0.2) is 4.98 Å². The molecule has 0 fully saturated rings. The van der Waals surface area contributed by atoms with Gasteiger partial charge in [0.05, 0.1) is 11.9 Å². The van der Waals surface area contributed by atoms with Crippen LogP contribution < -0.4 is 4.90 Å². The number of fused-ring (bicyclic) bond motifs is 6. The second-order valence-corrected chi connectivity index (χ2v) is 12.8. The second kappa shape index (κ2) is 11.0. The summed E-state index contributed by atoms with van der Waals surface area (Å²) in [5.74, 6) is 0. The van der Waals surface area contributed by atoms with E-state index in [2.05, 4.69) is 174 Å². The SMILES string of the molecule is c1cncc(N(c2ccc(-c3cc4ccccc4c4ccccc34)cc2)c2cccc(-c3ccc4c5c(cccc35)-c3ccccc3-4)c2)c1. The zero-order valence-electron chi connectivity index (χ0n) is 26.7. The van der Waals surface area contributed by atoms with Gasteiger partial charge in [0, 0.05) is 17.6 Å². The van der Waals surface area contributed by atoms with Gasteiger partial charge >= 0.3 is 0 Å². The molecule has 0 radical (unpaired) electrons.